The van der Waals surface area contributed by atoms with Gasteiger partial charge in [0.1, 0.15) is 5.82 Å². The average molecular weight is 253 g/mol. The van der Waals surface area contributed by atoms with Crippen LogP contribution in [0.1, 0.15) is 5.56 Å². The van der Waals surface area contributed by atoms with Crippen molar-refractivity contribution in [1.82, 2.24) is 0 Å². The SMILES string of the molecule is Fc1ccc2c(CCBr)cccc2c1. The van der Waals surface area contributed by atoms with Crippen LogP contribution in [0.15, 0.2) is 36.4 Å². The summed E-state index contributed by atoms with van der Waals surface area (Å²) in [5.74, 6) is -0.173. The molecule has 0 radical (unpaired) electrons. The quantitative estimate of drug-likeness (QED) is 0.711. The molecule has 0 amide bonds. The molecule has 2 rings (SSSR count). The third-order valence-corrected chi connectivity index (χ3v) is 2.69. The van der Waals surface area contributed by atoms with E-state index in [4.69, 9.17) is 0 Å². The normalized spacial score (nSPS) is 10.7. The molecule has 0 aliphatic heterocycles. The molecule has 0 heterocycles. The van der Waals surface area contributed by atoms with Crippen molar-refractivity contribution in [3.8, 4) is 0 Å². The standard InChI is InChI=1S/C12H10BrF/c13-7-6-9-2-1-3-10-8-11(14)4-5-12(9)10/h1-5,8H,6-7H2. The summed E-state index contributed by atoms with van der Waals surface area (Å²) >= 11 is 3.41. The Balaban J connectivity index is 2.62. The number of aryl methyl sites for hydroxylation is 1. The Hall–Kier alpha value is -0.890. The van der Waals surface area contributed by atoms with Crippen LogP contribution in [0.25, 0.3) is 10.8 Å². The van der Waals surface area contributed by atoms with Crippen LogP contribution in [0.2, 0.25) is 0 Å². The first-order valence-electron chi connectivity index (χ1n) is 4.54. The largest absolute Gasteiger partial charge is 0.207 e. The van der Waals surface area contributed by atoms with Crippen molar-refractivity contribution >= 4 is 26.7 Å². The van der Waals surface area contributed by atoms with E-state index in [9.17, 15) is 4.39 Å². The lowest BCUT2D eigenvalue weighted by Gasteiger charge is -2.04. The highest BCUT2D eigenvalue weighted by atomic mass is 79.9. The van der Waals surface area contributed by atoms with Gasteiger partial charge in [0.25, 0.3) is 0 Å². The van der Waals surface area contributed by atoms with E-state index in [-0.39, 0.29) is 5.82 Å². The molecule has 0 aliphatic carbocycles. The second-order valence-electron chi connectivity index (χ2n) is 3.22. The van der Waals surface area contributed by atoms with E-state index in [1.807, 2.05) is 18.2 Å². The first-order chi connectivity index (χ1) is 6.81. The lowest BCUT2D eigenvalue weighted by molar-refractivity contribution is 0.629. The topological polar surface area (TPSA) is 0 Å². The molecule has 0 spiro atoms. The summed E-state index contributed by atoms with van der Waals surface area (Å²) in [5, 5.41) is 3.06. The second kappa shape index (κ2) is 4.09. The predicted octanol–water partition coefficient (Wildman–Crippen LogP) is 3.92. The van der Waals surface area contributed by atoms with Crippen molar-refractivity contribution in [3.05, 3.63) is 47.8 Å². The first-order valence-corrected chi connectivity index (χ1v) is 5.66. The molecule has 2 heteroatoms. The minimum atomic E-state index is -0.173. The summed E-state index contributed by atoms with van der Waals surface area (Å²) < 4.78 is 12.9. The van der Waals surface area contributed by atoms with Gasteiger partial charge in [-0.15, -0.1) is 0 Å². The molecule has 0 bridgehead atoms. The van der Waals surface area contributed by atoms with Crippen LogP contribution in [0.4, 0.5) is 4.39 Å². The third kappa shape index (κ3) is 1.80. The predicted molar refractivity (Wildman–Crippen MR) is 61.4 cm³/mol. The van der Waals surface area contributed by atoms with E-state index in [0.717, 1.165) is 22.5 Å². The van der Waals surface area contributed by atoms with Gasteiger partial charge in [0, 0.05) is 5.33 Å². The van der Waals surface area contributed by atoms with Gasteiger partial charge < -0.3 is 0 Å². The zero-order valence-corrected chi connectivity index (χ0v) is 9.22. The number of halogens is 2. The molecule has 0 aromatic heterocycles. The summed E-state index contributed by atoms with van der Waals surface area (Å²) in [6, 6.07) is 10.9. The van der Waals surface area contributed by atoms with E-state index in [1.54, 1.807) is 6.07 Å². The monoisotopic (exact) mass is 252 g/mol. The fourth-order valence-corrected chi connectivity index (χ4v) is 2.07. The molecule has 14 heavy (non-hydrogen) atoms. The van der Waals surface area contributed by atoms with Crippen molar-refractivity contribution in [2.75, 3.05) is 5.33 Å². The third-order valence-electron chi connectivity index (χ3n) is 2.30. The van der Waals surface area contributed by atoms with Gasteiger partial charge in [0.05, 0.1) is 0 Å². The summed E-state index contributed by atoms with van der Waals surface area (Å²) in [5.41, 5.74) is 1.26. The van der Waals surface area contributed by atoms with E-state index in [1.165, 1.54) is 11.6 Å². The maximum absolute atomic E-state index is 12.9. The van der Waals surface area contributed by atoms with Crippen LogP contribution < -0.4 is 0 Å². The number of fused-ring (bicyclic) bond motifs is 1. The Kier molecular flexibility index (Phi) is 2.82. The summed E-state index contributed by atoms with van der Waals surface area (Å²) in [4.78, 5) is 0. The molecule has 0 N–H and O–H groups in total. The van der Waals surface area contributed by atoms with Crippen molar-refractivity contribution in [2.24, 2.45) is 0 Å². The van der Waals surface area contributed by atoms with E-state index < -0.39 is 0 Å². The van der Waals surface area contributed by atoms with E-state index in [2.05, 4.69) is 22.0 Å². The van der Waals surface area contributed by atoms with Gasteiger partial charge in [0.2, 0.25) is 0 Å². The molecule has 0 saturated carbocycles. The Morgan fingerprint density at radius 1 is 1.14 bits per heavy atom. The minimum absolute atomic E-state index is 0.173. The van der Waals surface area contributed by atoms with Crippen molar-refractivity contribution < 1.29 is 4.39 Å². The maximum Gasteiger partial charge on any atom is 0.123 e. The van der Waals surface area contributed by atoms with Gasteiger partial charge in [-0.3, -0.25) is 0 Å². The van der Waals surface area contributed by atoms with Gasteiger partial charge in [-0.05, 0) is 34.9 Å². The smallest absolute Gasteiger partial charge is 0.123 e. The van der Waals surface area contributed by atoms with Crippen LogP contribution in [-0.2, 0) is 6.42 Å². The van der Waals surface area contributed by atoms with Crippen molar-refractivity contribution in [3.63, 3.8) is 0 Å². The zero-order chi connectivity index (χ0) is 9.97. The zero-order valence-electron chi connectivity index (χ0n) is 7.63. The maximum atomic E-state index is 12.9. The number of rotatable bonds is 2. The van der Waals surface area contributed by atoms with Gasteiger partial charge >= 0.3 is 0 Å². The molecule has 2 aromatic carbocycles. The minimum Gasteiger partial charge on any atom is -0.207 e. The van der Waals surface area contributed by atoms with Gasteiger partial charge in [-0.25, -0.2) is 4.39 Å². The van der Waals surface area contributed by atoms with Crippen molar-refractivity contribution in [1.29, 1.82) is 0 Å². The van der Waals surface area contributed by atoms with Gasteiger partial charge in [-0.1, -0.05) is 40.2 Å². The molecule has 0 unspecified atom stereocenters. The molecule has 2 aromatic rings. The van der Waals surface area contributed by atoms with Crippen LogP contribution >= 0.6 is 15.9 Å². The summed E-state index contributed by atoms with van der Waals surface area (Å²) in [7, 11) is 0. The number of benzene rings is 2. The average Bonchev–Trinajstić information content (AvgIpc) is 2.18. The second-order valence-corrected chi connectivity index (χ2v) is 4.01. The molecular formula is C12H10BrF. The first kappa shape index (κ1) is 9.66. The van der Waals surface area contributed by atoms with Crippen LogP contribution in [-0.4, -0.2) is 5.33 Å². The Morgan fingerprint density at radius 2 is 2.00 bits per heavy atom. The Bertz CT molecular complexity index is 451. The molecule has 72 valence electrons. The van der Waals surface area contributed by atoms with Crippen molar-refractivity contribution in [2.45, 2.75) is 6.42 Å². The Labute approximate surface area is 90.9 Å². The number of alkyl halides is 1. The van der Waals surface area contributed by atoms with E-state index in [0.29, 0.717) is 0 Å². The van der Waals surface area contributed by atoms with Gasteiger partial charge in [-0.2, -0.15) is 0 Å². The number of hydrogen-bond donors (Lipinski definition) is 0. The fourth-order valence-electron chi connectivity index (χ4n) is 1.64. The molecular weight excluding hydrogens is 243 g/mol. The highest BCUT2D eigenvalue weighted by molar-refractivity contribution is 9.09. The molecule has 0 nitrogen and oxygen atoms in total. The fraction of sp³-hybridized carbons (Fsp3) is 0.167. The van der Waals surface area contributed by atoms with Crippen LogP contribution in [0.3, 0.4) is 0 Å². The lowest BCUT2D eigenvalue weighted by atomic mass is 10.0. The van der Waals surface area contributed by atoms with Gasteiger partial charge in [0.15, 0.2) is 0 Å². The van der Waals surface area contributed by atoms with E-state index >= 15 is 0 Å². The highest BCUT2D eigenvalue weighted by Crippen LogP contribution is 2.20. The molecule has 0 atom stereocenters. The number of hydrogen-bond acceptors (Lipinski definition) is 0. The van der Waals surface area contributed by atoms with Crippen LogP contribution in [0.5, 0.6) is 0 Å². The molecule has 0 saturated heterocycles. The molecule has 0 fully saturated rings. The summed E-state index contributed by atoms with van der Waals surface area (Å²) in [6.45, 7) is 0. The lowest BCUT2D eigenvalue weighted by Crippen LogP contribution is -1.88. The highest BCUT2D eigenvalue weighted by Gasteiger charge is 2.00. The van der Waals surface area contributed by atoms with Crippen LogP contribution in [0, 0.1) is 5.82 Å². The Morgan fingerprint density at radius 3 is 2.79 bits per heavy atom. The summed E-state index contributed by atoms with van der Waals surface area (Å²) in [6.07, 6.45) is 0.975. The molecule has 0 aliphatic rings.